The number of allylic oxidation sites excluding steroid dienone is 1. The van der Waals surface area contributed by atoms with Crippen LogP contribution in [0, 0.1) is 11.8 Å². The van der Waals surface area contributed by atoms with Gasteiger partial charge < -0.3 is 4.74 Å². The molecule has 1 aromatic carbocycles. The highest BCUT2D eigenvalue weighted by atomic mass is 16.5. The van der Waals surface area contributed by atoms with Crippen LogP contribution in [0.1, 0.15) is 56.9 Å². The highest BCUT2D eigenvalue weighted by Gasteiger charge is 2.30. The first-order valence-corrected chi connectivity index (χ1v) is 8.64. The Hall–Kier alpha value is -1.57. The standard InChI is InChI=1S/C20H26O2/c1-22-19-10-7-15(8-11-19)13-18-14-17(9-12-20(18)21)16-5-3-2-4-6-16/h7-8,10-11,13,16-17H,2-6,9,12,14H2,1H3. The number of ether oxygens (including phenoxy) is 1. The molecule has 0 radical (unpaired) electrons. The third-order valence-corrected chi connectivity index (χ3v) is 5.36. The molecule has 0 aliphatic heterocycles. The lowest BCUT2D eigenvalue weighted by Gasteiger charge is -2.33. The van der Waals surface area contributed by atoms with Crippen molar-refractivity contribution in [1.29, 1.82) is 0 Å². The fourth-order valence-corrected chi connectivity index (χ4v) is 4.02. The molecular formula is C20H26O2. The number of hydrogen-bond donors (Lipinski definition) is 0. The second-order valence-corrected chi connectivity index (χ2v) is 6.77. The quantitative estimate of drug-likeness (QED) is 0.732. The third-order valence-electron chi connectivity index (χ3n) is 5.36. The molecule has 0 saturated heterocycles. The Labute approximate surface area is 133 Å². The SMILES string of the molecule is COc1ccc(C=C2CC(C3CCCCC3)CCC2=O)cc1. The van der Waals surface area contributed by atoms with Crippen LogP contribution in [0.5, 0.6) is 5.75 Å². The van der Waals surface area contributed by atoms with Crippen LogP contribution < -0.4 is 4.74 Å². The van der Waals surface area contributed by atoms with Gasteiger partial charge in [-0.15, -0.1) is 0 Å². The lowest BCUT2D eigenvalue weighted by molar-refractivity contribution is -0.117. The van der Waals surface area contributed by atoms with E-state index in [4.69, 9.17) is 4.74 Å². The van der Waals surface area contributed by atoms with Gasteiger partial charge in [0, 0.05) is 6.42 Å². The van der Waals surface area contributed by atoms with Gasteiger partial charge in [-0.25, -0.2) is 0 Å². The monoisotopic (exact) mass is 298 g/mol. The van der Waals surface area contributed by atoms with E-state index in [9.17, 15) is 4.79 Å². The van der Waals surface area contributed by atoms with E-state index in [2.05, 4.69) is 6.08 Å². The molecule has 0 bridgehead atoms. The molecule has 0 aromatic heterocycles. The summed E-state index contributed by atoms with van der Waals surface area (Å²) in [5.74, 6) is 2.78. The molecule has 22 heavy (non-hydrogen) atoms. The van der Waals surface area contributed by atoms with E-state index in [0.29, 0.717) is 5.78 Å². The number of methoxy groups -OCH3 is 1. The van der Waals surface area contributed by atoms with Gasteiger partial charge in [-0.1, -0.05) is 44.2 Å². The largest absolute Gasteiger partial charge is 0.497 e. The molecule has 0 amide bonds. The number of carbonyl (C=O) groups is 1. The van der Waals surface area contributed by atoms with Gasteiger partial charge in [0.25, 0.3) is 0 Å². The molecule has 0 N–H and O–H groups in total. The average Bonchev–Trinajstić information content (AvgIpc) is 2.58. The first-order chi connectivity index (χ1) is 10.8. The summed E-state index contributed by atoms with van der Waals surface area (Å²) in [6.07, 6.45) is 11.8. The summed E-state index contributed by atoms with van der Waals surface area (Å²) in [6, 6.07) is 7.98. The van der Waals surface area contributed by atoms with Crippen LogP contribution in [0.3, 0.4) is 0 Å². The molecule has 3 rings (SSSR count). The molecular weight excluding hydrogens is 272 g/mol. The number of benzene rings is 1. The van der Waals surface area contributed by atoms with Crippen molar-refractivity contribution in [1.82, 2.24) is 0 Å². The van der Waals surface area contributed by atoms with Gasteiger partial charge in [-0.05, 0) is 54.0 Å². The Morgan fingerprint density at radius 1 is 1.00 bits per heavy atom. The third kappa shape index (κ3) is 3.60. The molecule has 0 spiro atoms. The van der Waals surface area contributed by atoms with Crippen molar-refractivity contribution in [3.05, 3.63) is 35.4 Å². The van der Waals surface area contributed by atoms with E-state index < -0.39 is 0 Å². The number of Topliss-reactive ketones (excluding diaryl/α,β-unsaturated/α-hetero) is 1. The zero-order valence-corrected chi connectivity index (χ0v) is 13.5. The van der Waals surface area contributed by atoms with E-state index in [1.54, 1.807) is 7.11 Å². The van der Waals surface area contributed by atoms with Crippen LogP contribution in [0.4, 0.5) is 0 Å². The predicted molar refractivity (Wildman–Crippen MR) is 89.9 cm³/mol. The van der Waals surface area contributed by atoms with E-state index in [-0.39, 0.29) is 0 Å². The maximum absolute atomic E-state index is 12.3. The van der Waals surface area contributed by atoms with Crippen LogP contribution in [0.25, 0.3) is 6.08 Å². The highest BCUT2D eigenvalue weighted by molar-refractivity contribution is 6.00. The normalized spacial score (nSPS) is 25.4. The minimum absolute atomic E-state index is 0.350. The van der Waals surface area contributed by atoms with Crippen LogP contribution in [-0.4, -0.2) is 12.9 Å². The van der Waals surface area contributed by atoms with Crippen LogP contribution >= 0.6 is 0 Å². The molecule has 2 fully saturated rings. The minimum atomic E-state index is 0.350. The maximum Gasteiger partial charge on any atom is 0.158 e. The Kier molecular flexibility index (Phi) is 4.97. The second kappa shape index (κ2) is 7.13. The van der Waals surface area contributed by atoms with Crippen molar-refractivity contribution in [3.8, 4) is 5.75 Å². The van der Waals surface area contributed by atoms with Crippen LogP contribution in [-0.2, 0) is 4.79 Å². The van der Waals surface area contributed by atoms with Crippen molar-refractivity contribution in [2.24, 2.45) is 11.8 Å². The number of ketones is 1. The summed E-state index contributed by atoms with van der Waals surface area (Å²) in [7, 11) is 1.67. The number of rotatable bonds is 3. The van der Waals surface area contributed by atoms with Gasteiger partial charge in [0.1, 0.15) is 5.75 Å². The fraction of sp³-hybridized carbons (Fsp3) is 0.550. The van der Waals surface area contributed by atoms with Crippen molar-refractivity contribution in [3.63, 3.8) is 0 Å². The van der Waals surface area contributed by atoms with E-state index >= 15 is 0 Å². The van der Waals surface area contributed by atoms with Crippen molar-refractivity contribution in [2.75, 3.05) is 7.11 Å². The van der Waals surface area contributed by atoms with Crippen molar-refractivity contribution < 1.29 is 9.53 Å². The molecule has 1 aromatic rings. The highest BCUT2D eigenvalue weighted by Crippen LogP contribution is 2.39. The summed E-state index contributed by atoms with van der Waals surface area (Å²) in [4.78, 5) is 12.3. The van der Waals surface area contributed by atoms with E-state index in [1.165, 1.54) is 32.1 Å². The Bertz CT molecular complexity index is 535. The Morgan fingerprint density at radius 3 is 2.41 bits per heavy atom. The molecule has 118 valence electrons. The lowest BCUT2D eigenvalue weighted by atomic mass is 9.71. The molecule has 2 aliphatic carbocycles. The van der Waals surface area contributed by atoms with Gasteiger partial charge in [-0.3, -0.25) is 4.79 Å². The summed E-state index contributed by atoms with van der Waals surface area (Å²) in [5, 5.41) is 0. The minimum Gasteiger partial charge on any atom is -0.497 e. The zero-order valence-electron chi connectivity index (χ0n) is 13.5. The van der Waals surface area contributed by atoms with Gasteiger partial charge >= 0.3 is 0 Å². The molecule has 1 unspecified atom stereocenters. The van der Waals surface area contributed by atoms with Crippen molar-refractivity contribution >= 4 is 11.9 Å². The molecule has 2 saturated carbocycles. The molecule has 1 atom stereocenters. The molecule has 2 nitrogen and oxygen atoms in total. The first kappa shape index (κ1) is 15.3. The lowest BCUT2D eigenvalue weighted by Crippen LogP contribution is -2.25. The summed E-state index contributed by atoms with van der Waals surface area (Å²) >= 11 is 0. The van der Waals surface area contributed by atoms with Gasteiger partial charge in [0.2, 0.25) is 0 Å². The number of hydrogen-bond acceptors (Lipinski definition) is 2. The molecule has 2 aliphatic rings. The smallest absolute Gasteiger partial charge is 0.158 e. The van der Waals surface area contributed by atoms with Crippen molar-refractivity contribution in [2.45, 2.75) is 51.4 Å². The zero-order chi connectivity index (χ0) is 15.4. The molecule has 2 heteroatoms. The Balaban J connectivity index is 1.72. The average molecular weight is 298 g/mol. The van der Waals surface area contributed by atoms with Gasteiger partial charge in [0.05, 0.1) is 7.11 Å². The predicted octanol–water partition coefficient (Wildman–Crippen LogP) is 5.03. The Morgan fingerprint density at radius 2 is 1.73 bits per heavy atom. The molecule has 0 heterocycles. The summed E-state index contributed by atoms with van der Waals surface area (Å²) < 4.78 is 5.19. The van der Waals surface area contributed by atoms with Gasteiger partial charge in [-0.2, -0.15) is 0 Å². The van der Waals surface area contributed by atoms with E-state index in [1.807, 2.05) is 24.3 Å². The van der Waals surface area contributed by atoms with Crippen LogP contribution in [0.15, 0.2) is 29.8 Å². The van der Waals surface area contributed by atoms with E-state index in [0.717, 1.165) is 48.0 Å². The summed E-state index contributed by atoms with van der Waals surface area (Å²) in [6.45, 7) is 0. The topological polar surface area (TPSA) is 26.3 Å². The van der Waals surface area contributed by atoms with Crippen LogP contribution in [0.2, 0.25) is 0 Å². The second-order valence-electron chi connectivity index (χ2n) is 6.77. The number of carbonyl (C=O) groups excluding carboxylic acids is 1. The first-order valence-electron chi connectivity index (χ1n) is 8.64. The maximum atomic E-state index is 12.3. The van der Waals surface area contributed by atoms with Gasteiger partial charge in [0.15, 0.2) is 5.78 Å². The summed E-state index contributed by atoms with van der Waals surface area (Å²) in [5.41, 5.74) is 2.14. The fourth-order valence-electron chi connectivity index (χ4n) is 4.02.